The summed E-state index contributed by atoms with van der Waals surface area (Å²) in [5.41, 5.74) is 4.80. The lowest BCUT2D eigenvalue weighted by atomic mass is 10.1. The molecule has 1 aromatic carbocycles. The second kappa shape index (κ2) is 6.22. The molecule has 5 heteroatoms. The first kappa shape index (κ1) is 15.0. The zero-order chi connectivity index (χ0) is 14.5. The van der Waals surface area contributed by atoms with Crippen LogP contribution >= 0.6 is 0 Å². The molecule has 0 spiro atoms. The Balaban J connectivity index is 2.67. The Morgan fingerprint density at radius 1 is 1.21 bits per heavy atom. The molecule has 1 amide bonds. The van der Waals surface area contributed by atoms with E-state index in [0.717, 1.165) is 11.3 Å². The van der Waals surface area contributed by atoms with E-state index < -0.39 is 11.7 Å². The van der Waals surface area contributed by atoms with Gasteiger partial charge in [-0.3, -0.25) is 5.32 Å². The SMILES string of the molecule is CN/N=C(\C)c1ccc(NC(=O)OC(C)(C)C)cc1. The smallest absolute Gasteiger partial charge is 0.412 e. The summed E-state index contributed by atoms with van der Waals surface area (Å²) >= 11 is 0. The second-order valence-electron chi connectivity index (χ2n) is 5.13. The van der Waals surface area contributed by atoms with Crippen molar-refractivity contribution in [2.75, 3.05) is 12.4 Å². The maximum absolute atomic E-state index is 11.6. The van der Waals surface area contributed by atoms with Crippen LogP contribution in [0.4, 0.5) is 10.5 Å². The van der Waals surface area contributed by atoms with Gasteiger partial charge in [-0.1, -0.05) is 12.1 Å². The number of hydrogen-bond acceptors (Lipinski definition) is 4. The largest absolute Gasteiger partial charge is 0.444 e. The molecule has 1 rings (SSSR count). The predicted molar refractivity (Wildman–Crippen MR) is 77.6 cm³/mol. The van der Waals surface area contributed by atoms with Crippen molar-refractivity contribution in [3.8, 4) is 0 Å². The Kier molecular flexibility index (Phi) is 4.92. The summed E-state index contributed by atoms with van der Waals surface area (Å²) in [4.78, 5) is 11.6. The molecule has 0 heterocycles. The summed E-state index contributed by atoms with van der Waals surface area (Å²) in [6.07, 6.45) is -0.458. The van der Waals surface area contributed by atoms with Gasteiger partial charge in [0.25, 0.3) is 0 Å². The number of hydrogen-bond donors (Lipinski definition) is 2. The highest BCUT2D eigenvalue weighted by molar-refractivity contribution is 5.99. The number of carbonyl (C=O) groups excluding carboxylic acids is 1. The van der Waals surface area contributed by atoms with Crippen molar-refractivity contribution >= 4 is 17.5 Å². The van der Waals surface area contributed by atoms with E-state index in [-0.39, 0.29) is 0 Å². The third-order valence-corrected chi connectivity index (χ3v) is 2.23. The van der Waals surface area contributed by atoms with Gasteiger partial charge in [0.2, 0.25) is 0 Å². The topological polar surface area (TPSA) is 62.7 Å². The van der Waals surface area contributed by atoms with E-state index in [1.165, 1.54) is 0 Å². The summed E-state index contributed by atoms with van der Waals surface area (Å²) in [6.45, 7) is 7.39. The minimum absolute atomic E-state index is 0.458. The Morgan fingerprint density at radius 2 is 1.79 bits per heavy atom. The highest BCUT2D eigenvalue weighted by Crippen LogP contribution is 2.13. The molecular formula is C14H21N3O2. The predicted octanol–water partition coefficient (Wildman–Crippen LogP) is 2.98. The lowest BCUT2D eigenvalue weighted by Gasteiger charge is -2.19. The number of nitrogens with zero attached hydrogens (tertiary/aromatic N) is 1. The average Bonchev–Trinajstić information content (AvgIpc) is 2.27. The quantitative estimate of drug-likeness (QED) is 0.651. The normalized spacial score (nSPS) is 11.9. The summed E-state index contributed by atoms with van der Waals surface area (Å²) in [5, 5.41) is 6.77. The van der Waals surface area contributed by atoms with Crippen LogP contribution in [0.2, 0.25) is 0 Å². The fourth-order valence-electron chi connectivity index (χ4n) is 1.45. The molecule has 0 fully saturated rings. The number of ether oxygens (including phenoxy) is 1. The zero-order valence-electron chi connectivity index (χ0n) is 12.1. The van der Waals surface area contributed by atoms with Gasteiger partial charge >= 0.3 is 6.09 Å². The molecule has 0 aliphatic rings. The molecule has 0 radical (unpaired) electrons. The van der Waals surface area contributed by atoms with E-state index in [1.807, 2.05) is 52.0 Å². The van der Waals surface area contributed by atoms with Gasteiger partial charge in [-0.05, 0) is 45.4 Å². The second-order valence-corrected chi connectivity index (χ2v) is 5.13. The molecule has 0 saturated heterocycles. The van der Waals surface area contributed by atoms with Gasteiger partial charge in [-0.2, -0.15) is 5.10 Å². The van der Waals surface area contributed by atoms with Crippen LogP contribution in [0.3, 0.4) is 0 Å². The zero-order valence-corrected chi connectivity index (χ0v) is 12.1. The van der Waals surface area contributed by atoms with E-state index >= 15 is 0 Å². The molecule has 0 aliphatic carbocycles. The number of benzene rings is 1. The molecule has 0 saturated carbocycles. The summed E-state index contributed by atoms with van der Waals surface area (Å²) in [7, 11) is 1.75. The number of hydrazone groups is 1. The van der Waals surface area contributed by atoms with Gasteiger partial charge in [-0.15, -0.1) is 0 Å². The number of carbonyl (C=O) groups is 1. The maximum atomic E-state index is 11.6. The fourth-order valence-corrected chi connectivity index (χ4v) is 1.45. The van der Waals surface area contributed by atoms with Crippen molar-refractivity contribution in [2.45, 2.75) is 33.3 Å². The minimum atomic E-state index is -0.500. The Bertz CT molecular complexity index is 459. The Labute approximate surface area is 114 Å². The first-order valence-electron chi connectivity index (χ1n) is 6.13. The van der Waals surface area contributed by atoms with Crippen molar-refractivity contribution in [1.29, 1.82) is 0 Å². The lowest BCUT2D eigenvalue weighted by molar-refractivity contribution is 0.0636. The van der Waals surface area contributed by atoms with Crippen molar-refractivity contribution < 1.29 is 9.53 Å². The van der Waals surface area contributed by atoms with Crippen LogP contribution in [0.1, 0.15) is 33.3 Å². The van der Waals surface area contributed by atoms with Crippen molar-refractivity contribution in [3.05, 3.63) is 29.8 Å². The standard InChI is InChI=1S/C14H21N3O2/c1-10(17-15-5)11-6-8-12(9-7-11)16-13(18)19-14(2,3)4/h6-9,15H,1-5H3,(H,16,18)/b17-10+. The van der Waals surface area contributed by atoms with Gasteiger partial charge in [0, 0.05) is 12.7 Å². The third kappa shape index (κ3) is 5.42. The van der Waals surface area contributed by atoms with Crippen molar-refractivity contribution in [3.63, 3.8) is 0 Å². The van der Waals surface area contributed by atoms with Crippen LogP contribution in [-0.2, 0) is 4.74 Å². The molecule has 0 bridgehead atoms. The summed E-state index contributed by atoms with van der Waals surface area (Å²) in [6, 6.07) is 7.41. The molecule has 0 atom stereocenters. The van der Waals surface area contributed by atoms with E-state index in [0.29, 0.717) is 5.69 Å². The fraction of sp³-hybridized carbons (Fsp3) is 0.429. The van der Waals surface area contributed by atoms with Crippen LogP contribution in [0, 0.1) is 0 Å². The first-order valence-corrected chi connectivity index (χ1v) is 6.13. The van der Waals surface area contributed by atoms with Crippen LogP contribution < -0.4 is 10.7 Å². The lowest BCUT2D eigenvalue weighted by Crippen LogP contribution is -2.27. The molecule has 1 aromatic rings. The van der Waals surface area contributed by atoms with Gasteiger partial charge < -0.3 is 10.2 Å². The van der Waals surface area contributed by atoms with E-state index in [1.54, 1.807) is 7.05 Å². The summed E-state index contributed by atoms with van der Waals surface area (Å²) in [5.74, 6) is 0. The number of anilines is 1. The highest BCUT2D eigenvalue weighted by Gasteiger charge is 2.16. The first-order chi connectivity index (χ1) is 8.81. The molecule has 2 N–H and O–H groups in total. The van der Waals surface area contributed by atoms with Crippen molar-refractivity contribution in [1.82, 2.24) is 5.43 Å². The van der Waals surface area contributed by atoms with Crippen LogP contribution in [-0.4, -0.2) is 24.5 Å². The molecule has 0 aliphatic heterocycles. The average molecular weight is 263 g/mol. The molecule has 19 heavy (non-hydrogen) atoms. The summed E-state index contributed by atoms with van der Waals surface area (Å²) < 4.78 is 5.17. The molecule has 0 unspecified atom stereocenters. The van der Waals surface area contributed by atoms with Gasteiger partial charge in [-0.25, -0.2) is 4.79 Å². The van der Waals surface area contributed by atoms with Gasteiger partial charge in [0.1, 0.15) is 5.60 Å². The van der Waals surface area contributed by atoms with E-state index in [4.69, 9.17) is 4.74 Å². The van der Waals surface area contributed by atoms with Crippen LogP contribution in [0.25, 0.3) is 0 Å². The van der Waals surface area contributed by atoms with E-state index in [2.05, 4.69) is 15.8 Å². The highest BCUT2D eigenvalue weighted by atomic mass is 16.6. The number of rotatable bonds is 3. The third-order valence-electron chi connectivity index (χ3n) is 2.23. The van der Waals surface area contributed by atoms with Gasteiger partial charge in [0.15, 0.2) is 0 Å². The monoisotopic (exact) mass is 263 g/mol. The number of amides is 1. The van der Waals surface area contributed by atoms with Crippen LogP contribution in [0.15, 0.2) is 29.4 Å². The molecule has 0 aromatic heterocycles. The Morgan fingerprint density at radius 3 is 2.26 bits per heavy atom. The molecule has 5 nitrogen and oxygen atoms in total. The Hall–Kier alpha value is -2.04. The van der Waals surface area contributed by atoms with E-state index in [9.17, 15) is 4.79 Å². The van der Waals surface area contributed by atoms with Crippen LogP contribution in [0.5, 0.6) is 0 Å². The molecular weight excluding hydrogens is 242 g/mol. The van der Waals surface area contributed by atoms with Crippen molar-refractivity contribution in [2.24, 2.45) is 5.10 Å². The maximum Gasteiger partial charge on any atom is 0.412 e. The van der Waals surface area contributed by atoms with Gasteiger partial charge in [0.05, 0.1) is 5.71 Å². The molecule has 104 valence electrons. The minimum Gasteiger partial charge on any atom is -0.444 e. The number of nitrogens with one attached hydrogen (secondary N) is 2.